The summed E-state index contributed by atoms with van der Waals surface area (Å²) >= 11 is 6.09. The summed E-state index contributed by atoms with van der Waals surface area (Å²) in [5, 5.41) is 5.11. The molecule has 0 unspecified atom stereocenters. The van der Waals surface area contributed by atoms with Crippen molar-refractivity contribution in [2.24, 2.45) is 0 Å². The highest BCUT2D eigenvalue weighted by Gasteiger charge is 2.09. The van der Waals surface area contributed by atoms with Gasteiger partial charge in [0.2, 0.25) is 0 Å². The first kappa shape index (κ1) is 11.5. The van der Waals surface area contributed by atoms with Crippen LogP contribution in [0.4, 0.5) is 0 Å². The molecule has 0 bridgehead atoms. The third kappa shape index (κ3) is 2.23. The van der Waals surface area contributed by atoms with E-state index in [1.54, 1.807) is 0 Å². The van der Waals surface area contributed by atoms with Gasteiger partial charge in [0.1, 0.15) is 5.76 Å². The Morgan fingerprint density at radius 2 is 2.12 bits per heavy atom. The largest absolute Gasteiger partial charge is 0.458 e. The van der Waals surface area contributed by atoms with Crippen LogP contribution in [0.15, 0.2) is 22.6 Å². The number of rotatable bonds is 3. The number of hydrogen-bond acceptors (Lipinski definition) is 2. The molecule has 2 rings (SSSR count). The van der Waals surface area contributed by atoms with Crippen LogP contribution in [0.1, 0.15) is 25.2 Å². The third-order valence-corrected chi connectivity index (χ3v) is 2.89. The van der Waals surface area contributed by atoms with Crippen molar-refractivity contribution in [3.8, 4) is 0 Å². The molecule has 0 atom stereocenters. The molecule has 0 aliphatic heterocycles. The lowest BCUT2D eigenvalue weighted by molar-refractivity contribution is 0.488. The van der Waals surface area contributed by atoms with E-state index in [9.17, 15) is 0 Å². The molecule has 0 radical (unpaired) electrons. The fraction of sp³-hybridized carbons (Fsp3) is 0.385. The van der Waals surface area contributed by atoms with Crippen LogP contribution in [0.5, 0.6) is 0 Å². The van der Waals surface area contributed by atoms with Gasteiger partial charge in [-0.1, -0.05) is 31.5 Å². The minimum atomic E-state index is 0.449. The van der Waals surface area contributed by atoms with Crippen LogP contribution in [0.3, 0.4) is 0 Å². The lowest BCUT2D eigenvalue weighted by atomic mass is 10.1. The van der Waals surface area contributed by atoms with E-state index in [-0.39, 0.29) is 0 Å². The summed E-state index contributed by atoms with van der Waals surface area (Å²) < 4.78 is 5.74. The van der Waals surface area contributed by atoms with Crippen molar-refractivity contribution in [1.82, 2.24) is 5.32 Å². The normalized spacial score (nSPS) is 11.6. The molecule has 2 nitrogen and oxygen atoms in total. The van der Waals surface area contributed by atoms with Gasteiger partial charge in [-0.05, 0) is 24.6 Å². The molecule has 16 heavy (non-hydrogen) atoms. The van der Waals surface area contributed by atoms with Crippen molar-refractivity contribution in [3.05, 3.63) is 34.5 Å². The van der Waals surface area contributed by atoms with E-state index in [4.69, 9.17) is 16.0 Å². The molecule has 1 aromatic heterocycles. The minimum Gasteiger partial charge on any atom is -0.458 e. The zero-order valence-electron chi connectivity index (χ0n) is 9.80. The van der Waals surface area contributed by atoms with Gasteiger partial charge >= 0.3 is 0 Å². The van der Waals surface area contributed by atoms with Crippen molar-refractivity contribution in [2.75, 3.05) is 0 Å². The smallest absolute Gasteiger partial charge is 0.153 e. The van der Waals surface area contributed by atoms with Gasteiger partial charge < -0.3 is 9.73 Å². The second kappa shape index (κ2) is 4.48. The van der Waals surface area contributed by atoms with Crippen LogP contribution in [-0.4, -0.2) is 6.04 Å². The van der Waals surface area contributed by atoms with Crippen molar-refractivity contribution < 1.29 is 4.42 Å². The number of aryl methyl sites for hydroxylation is 1. The number of furan rings is 1. The van der Waals surface area contributed by atoms with Crippen LogP contribution in [0, 0.1) is 6.92 Å². The first-order valence-electron chi connectivity index (χ1n) is 5.49. The Balaban J connectivity index is 2.36. The van der Waals surface area contributed by atoms with E-state index in [1.165, 1.54) is 5.56 Å². The Labute approximate surface area is 101 Å². The summed E-state index contributed by atoms with van der Waals surface area (Å²) in [4.78, 5) is 0. The fourth-order valence-corrected chi connectivity index (χ4v) is 1.87. The van der Waals surface area contributed by atoms with Gasteiger partial charge in [-0.25, -0.2) is 0 Å². The van der Waals surface area contributed by atoms with E-state index in [0.29, 0.717) is 11.1 Å². The minimum absolute atomic E-state index is 0.449. The SMILES string of the molecule is Cc1ccc(Cl)c2oc(CNC(C)C)cc12. The van der Waals surface area contributed by atoms with E-state index >= 15 is 0 Å². The molecule has 1 aromatic carbocycles. The molecule has 3 heteroatoms. The Kier molecular flexibility index (Phi) is 3.22. The van der Waals surface area contributed by atoms with Gasteiger partial charge in [0, 0.05) is 11.4 Å². The summed E-state index contributed by atoms with van der Waals surface area (Å²) in [6.45, 7) is 7.03. The average Bonchev–Trinajstić information content (AvgIpc) is 2.66. The molecule has 0 saturated heterocycles. The van der Waals surface area contributed by atoms with Gasteiger partial charge in [-0.3, -0.25) is 0 Å². The monoisotopic (exact) mass is 237 g/mol. The Morgan fingerprint density at radius 1 is 1.38 bits per heavy atom. The summed E-state index contributed by atoms with van der Waals surface area (Å²) in [5.74, 6) is 0.930. The second-order valence-corrected chi connectivity index (χ2v) is 4.76. The maximum Gasteiger partial charge on any atom is 0.153 e. The first-order chi connectivity index (χ1) is 7.58. The molecule has 0 saturated carbocycles. The average molecular weight is 238 g/mol. The lowest BCUT2D eigenvalue weighted by Crippen LogP contribution is -2.21. The standard InChI is InChI=1S/C13H16ClNO/c1-8(2)15-7-10-6-11-9(3)4-5-12(14)13(11)16-10/h4-6,8,15H,7H2,1-3H3. The fourth-order valence-electron chi connectivity index (χ4n) is 1.67. The quantitative estimate of drug-likeness (QED) is 0.876. The van der Waals surface area contributed by atoms with Crippen LogP contribution < -0.4 is 5.32 Å². The highest BCUT2D eigenvalue weighted by molar-refractivity contribution is 6.34. The molecule has 0 amide bonds. The molecular formula is C13H16ClNO. The van der Waals surface area contributed by atoms with Gasteiger partial charge in [0.25, 0.3) is 0 Å². The van der Waals surface area contributed by atoms with E-state index in [2.05, 4.69) is 32.2 Å². The molecule has 1 N–H and O–H groups in total. The number of hydrogen-bond donors (Lipinski definition) is 1. The molecular weight excluding hydrogens is 222 g/mol. The van der Waals surface area contributed by atoms with Crippen LogP contribution >= 0.6 is 11.6 Å². The molecule has 2 aromatic rings. The van der Waals surface area contributed by atoms with E-state index in [0.717, 1.165) is 23.3 Å². The van der Waals surface area contributed by atoms with Crippen LogP contribution in [0.25, 0.3) is 11.0 Å². The van der Waals surface area contributed by atoms with Crippen molar-refractivity contribution >= 4 is 22.6 Å². The van der Waals surface area contributed by atoms with Gasteiger partial charge in [0.15, 0.2) is 5.58 Å². The number of benzene rings is 1. The first-order valence-corrected chi connectivity index (χ1v) is 5.86. The van der Waals surface area contributed by atoms with Gasteiger partial charge in [-0.2, -0.15) is 0 Å². The predicted octanol–water partition coefficient (Wildman–Crippen LogP) is 3.89. The Bertz CT molecular complexity index is 463. The highest BCUT2D eigenvalue weighted by atomic mass is 35.5. The van der Waals surface area contributed by atoms with Gasteiger partial charge in [0.05, 0.1) is 11.6 Å². The molecule has 0 aliphatic rings. The maximum absolute atomic E-state index is 6.09. The van der Waals surface area contributed by atoms with E-state index in [1.807, 2.05) is 12.1 Å². The Morgan fingerprint density at radius 3 is 2.75 bits per heavy atom. The van der Waals surface area contributed by atoms with Crippen LogP contribution in [-0.2, 0) is 6.54 Å². The predicted molar refractivity (Wildman–Crippen MR) is 67.9 cm³/mol. The van der Waals surface area contributed by atoms with Crippen molar-refractivity contribution in [2.45, 2.75) is 33.4 Å². The zero-order valence-corrected chi connectivity index (χ0v) is 10.6. The third-order valence-electron chi connectivity index (χ3n) is 2.59. The summed E-state index contributed by atoms with van der Waals surface area (Å²) in [6, 6.07) is 6.40. The number of nitrogens with one attached hydrogen (secondary N) is 1. The molecule has 86 valence electrons. The second-order valence-electron chi connectivity index (χ2n) is 4.36. The lowest BCUT2D eigenvalue weighted by Gasteiger charge is -2.04. The molecule has 0 fully saturated rings. The zero-order chi connectivity index (χ0) is 11.7. The number of halogens is 1. The van der Waals surface area contributed by atoms with Gasteiger partial charge in [-0.15, -0.1) is 0 Å². The number of fused-ring (bicyclic) bond motifs is 1. The molecule has 0 spiro atoms. The molecule has 1 heterocycles. The summed E-state index contributed by atoms with van der Waals surface area (Å²) in [5.41, 5.74) is 1.99. The topological polar surface area (TPSA) is 25.2 Å². The highest BCUT2D eigenvalue weighted by Crippen LogP contribution is 2.29. The van der Waals surface area contributed by atoms with E-state index < -0.39 is 0 Å². The maximum atomic E-state index is 6.09. The Hall–Kier alpha value is -0.990. The molecule has 0 aliphatic carbocycles. The summed E-state index contributed by atoms with van der Waals surface area (Å²) in [7, 11) is 0. The van der Waals surface area contributed by atoms with Crippen molar-refractivity contribution in [3.63, 3.8) is 0 Å². The van der Waals surface area contributed by atoms with Crippen LogP contribution in [0.2, 0.25) is 5.02 Å². The van der Waals surface area contributed by atoms with Crippen molar-refractivity contribution in [1.29, 1.82) is 0 Å². The summed E-state index contributed by atoms with van der Waals surface area (Å²) in [6.07, 6.45) is 0.